The van der Waals surface area contributed by atoms with Crippen LogP contribution in [0.4, 0.5) is 0 Å². The van der Waals surface area contributed by atoms with Crippen molar-refractivity contribution < 1.29 is 4.42 Å². The molecule has 0 amide bonds. The highest BCUT2D eigenvalue weighted by Gasteiger charge is 2.21. The van der Waals surface area contributed by atoms with E-state index in [0.29, 0.717) is 6.04 Å². The zero-order valence-electron chi connectivity index (χ0n) is 12.5. The Bertz CT molecular complexity index is 369. The standard InChI is InChI=1S/C15H27N3O/c1-4-16-11-14-5-6-15(19-14)12-18(3)13-7-9-17(2)10-8-13/h5-6,13,16H,4,7-12H2,1-3H3. The average molecular weight is 265 g/mol. The Balaban J connectivity index is 1.81. The fraction of sp³-hybridized carbons (Fsp3) is 0.733. The summed E-state index contributed by atoms with van der Waals surface area (Å²) in [6, 6.07) is 4.89. The second-order valence-corrected chi connectivity index (χ2v) is 5.60. The van der Waals surface area contributed by atoms with E-state index in [-0.39, 0.29) is 0 Å². The number of rotatable bonds is 6. The van der Waals surface area contributed by atoms with E-state index < -0.39 is 0 Å². The number of likely N-dealkylation sites (tertiary alicyclic amines) is 1. The zero-order chi connectivity index (χ0) is 13.7. The molecule has 0 saturated carbocycles. The molecule has 0 bridgehead atoms. The van der Waals surface area contributed by atoms with Gasteiger partial charge in [-0.05, 0) is 58.7 Å². The third kappa shape index (κ3) is 4.34. The highest BCUT2D eigenvalue weighted by atomic mass is 16.3. The molecule has 0 spiro atoms. The van der Waals surface area contributed by atoms with E-state index in [4.69, 9.17) is 4.42 Å². The lowest BCUT2D eigenvalue weighted by Crippen LogP contribution is -2.41. The molecule has 0 radical (unpaired) electrons. The zero-order valence-corrected chi connectivity index (χ0v) is 12.5. The van der Waals surface area contributed by atoms with Crippen LogP contribution in [0.5, 0.6) is 0 Å². The molecule has 4 heteroatoms. The molecule has 0 unspecified atom stereocenters. The normalized spacial score (nSPS) is 18.3. The lowest BCUT2D eigenvalue weighted by Gasteiger charge is -2.34. The van der Waals surface area contributed by atoms with E-state index in [1.54, 1.807) is 0 Å². The van der Waals surface area contributed by atoms with Crippen LogP contribution >= 0.6 is 0 Å². The molecule has 0 atom stereocenters. The van der Waals surface area contributed by atoms with Crippen molar-refractivity contribution in [1.82, 2.24) is 15.1 Å². The molecule has 0 aliphatic carbocycles. The number of nitrogens with one attached hydrogen (secondary N) is 1. The minimum absolute atomic E-state index is 0.693. The van der Waals surface area contributed by atoms with Crippen LogP contribution in [-0.2, 0) is 13.1 Å². The Hall–Kier alpha value is -0.840. The lowest BCUT2D eigenvalue weighted by atomic mass is 10.0. The molecule has 108 valence electrons. The first-order valence-electron chi connectivity index (χ1n) is 7.36. The predicted molar refractivity (Wildman–Crippen MR) is 78.1 cm³/mol. The van der Waals surface area contributed by atoms with Crippen LogP contribution in [-0.4, -0.2) is 49.6 Å². The van der Waals surface area contributed by atoms with Crippen molar-refractivity contribution >= 4 is 0 Å². The Morgan fingerprint density at radius 2 is 2.00 bits per heavy atom. The summed E-state index contributed by atoms with van der Waals surface area (Å²) in [7, 11) is 4.41. The van der Waals surface area contributed by atoms with Crippen molar-refractivity contribution in [2.75, 3.05) is 33.7 Å². The van der Waals surface area contributed by atoms with Crippen LogP contribution in [0, 0.1) is 0 Å². The number of furan rings is 1. The summed E-state index contributed by atoms with van der Waals surface area (Å²) in [5.74, 6) is 2.11. The summed E-state index contributed by atoms with van der Waals surface area (Å²) in [4.78, 5) is 4.84. The van der Waals surface area contributed by atoms with Crippen molar-refractivity contribution in [3.8, 4) is 0 Å². The van der Waals surface area contributed by atoms with Gasteiger partial charge in [0.25, 0.3) is 0 Å². The van der Waals surface area contributed by atoms with Crippen molar-refractivity contribution in [2.45, 2.75) is 38.9 Å². The second-order valence-electron chi connectivity index (χ2n) is 5.60. The van der Waals surface area contributed by atoms with Gasteiger partial charge < -0.3 is 14.6 Å². The first-order valence-corrected chi connectivity index (χ1v) is 7.36. The van der Waals surface area contributed by atoms with Gasteiger partial charge in [-0.15, -0.1) is 0 Å². The molecule has 1 aliphatic rings. The molecular weight excluding hydrogens is 238 g/mol. The minimum Gasteiger partial charge on any atom is -0.463 e. The summed E-state index contributed by atoms with van der Waals surface area (Å²) in [5.41, 5.74) is 0. The van der Waals surface area contributed by atoms with E-state index in [0.717, 1.165) is 31.2 Å². The van der Waals surface area contributed by atoms with E-state index in [1.165, 1.54) is 25.9 Å². The number of piperidine rings is 1. The molecule has 1 fully saturated rings. The fourth-order valence-corrected chi connectivity index (χ4v) is 2.66. The maximum Gasteiger partial charge on any atom is 0.118 e. The van der Waals surface area contributed by atoms with Crippen molar-refractivity contribution in [3.63, 3.8) is 0 Å². The molecule has 1 saturated heterocycles. The summed E-state index contributed by atoms with van der Waals surface area (Å²) >= 11 is 0. The maximum atomic E-state index is 5.85. The first kappa shape index (κ1) is 14.6. The van der Waals surface area contributed by atoms with Crippen LogP contribution in [0.3, 0.4) is 0 Å². The van der Waals surface area contributed by atoms with E-state index >= 15 is 0 Å². The van der Waals surface area contributed by atoms with Gasteiger partial charge in [-0.2, -0.15) is 0 Å². The summed E-state index contributed by atoms with van der Waals surface area (Å²) in [6.45, 7) is 7.25. The Morgan fingerprint density at radius 1 is 1.32 bits per heavy atom. The Labute approximate surface area is 116 Å². The minimum atomic E-state index is 0.693. The van der Waals surface area contributed by atoms with Gasteiger partial charge in [-0.1, -0.05) is 6.92 Å². The van der Waals surface area contributed by atoms with Gasteiger partial charge in [0, 0.05) is 6.04 Å². The third-order valence-electron chi connectivity index (χ3n) is 3.98. The van der Waals surface area contributed by atoms with Crippen LogP contribution in [0.25, 0.3) is 0 Å². The molecule has 0 aromatic carbocycles. The molecule has 1 aromatic rings. The highest BCUT2D eigenvalue weighted by molar-refractivity contribution is 5.07. The van der Waals surface area contributed by atoms with Crippen LogP contribution < -0.4 is 5.32 Å². The van der Waals surface area contributed by atoms with Crippen LogP contribution in [0.1, 0.15) is 31.3 Å². The summed E-state index contributed by atoms with van der Waals surface area (Å²) < 4.78 is 5.85. The maximum absolute atomic E-state index is 5.85. The fourth-order valence-electron chi connectivity index (χ4n) is 2.66. The van der Waals surface area contributed by atoms with Gasteiger partial charge in [0.2, 0.25) is 0 Å². The summed E-state index contributed by atoms with van der Waals surface area (Å²) in [6.07, 6.45) is 2.52. The van der Waals surface area contributed by atoms with Crippen molar-refractivity contribution in [3.05, 3.63) is 23.7 Å². The third-order valence-corrected chi connectivity index (χ3v) is 3.98. The smallest absolute Gasteiger partial charge is 0.118 e. The molecule has 1 aromatic heterocycles. The molecule has 2 rings (SSSR count). The SMILES string of the molecule is CCNCc1ccc(CN(C)C2CCN(C)CC2)o1. The van der Waals surface area contributed by atoms with Crippen LogP contribution in [0.15, 0.2) is 16.5 Å². The molecular formula is C15H27N3O. The van der Waals surface area contributed by atoms with Gasteiger partial charge in [-0.3, -0.25) is 4.90 Å². The van der Waals surface area contributed by atoms with Gasteiger partial charge in [-0.25, -0.2) is 0 Å². The van der Waals surface area contributed by atoms with E-state index in [1.807, 2.05) is 0 Å². The Morgan fingerprint density at radius 3 is 2.68 bits per heavy atom. The molecule has 2 heterocycles. The highest BCUT2D eigenvalue weighted by Crippen LogP contribution is 2.17. The second kappa shape index (κ2) is 7.08. The number of hydrogen-bond acceptors (Lipinski definition) is 4. The van der Waals surface area contributed by atoms with Crippen molar-refractivity contribution in [1.29, 1.82) is 0 Å². The molecule has 4 nitrogen and oxygen atoms in total. The quantitative estimate of drug-likeness (QED) is 0.851. The number of nitrogens with zero attached hydrogens (tertiary/aromatic N) is 2. The Kier molecular flexibility index (Phi) is 5.43. The van der Waals surface area contributed by atoms with Gasteiger partial charge in [0.1, 0.15) is 11.5 Å². The average Bonchev–Trinajstić information content (AvgIpc) is 2.84. The lowest BCUT2D eigenvalue weighted by molar-refractivity contribution is 0.132. The topological polar surface area (TPSA) is 31.6 Å². The number of hydrogen-bond donors (Lipinski definition) is 1. The van der Waals surface area contributed by atoms with Gasteiger partial charge >= 0.3 is 0 Å². The van der Waals surface area contributed by atoms with Crippen molar-refractivity contribution in [2.24, 2.45) is 0 Å². The summed E-state index contributed by atoms with van der Waals surface area (Å²) in [5, 5.41) is 3.29. The van der Waals surface area contributed by atoms with E-state index in [2.05, 4.69) is 48.3 Å². The van der Waals surface area contributed by atoms with E-state index in [9.17, 15) is 0 Å². The van der Waals surface area contributed by atoms with Gasteiger partial charge in [0.15, 0.2) is 0 Å². The predicted octanol–water partition coefficient (Wildman–Crippen LogP) is 1.92. The molecule has 1 aliphatic heterocycles. The molecule has 19 heavy (non-hydrogen) atoms. The molecule has 1 N–H and O–H groups in total. The monoisotopic (exact) mass is 265 g/mol. The van der Waals surface area contributed by atoms with Gasteiger partial charge in [0.05, 0.1) is 13.1 Å². The first-order chi connectivity index (χ1) is 9.19. The largest absolute Gasteiger partial charge is 0.463 e. The van der Waals surface area contributed by atoms with Crippen LogP contribution in [0.2, 0.25) is 0 Å².